The van der Waals surface area contributed by atoms with Gasteiger partial charge in [0.2, 0.25) is 11.2 Å². The van der Waals surface area contributed by atoms with Crippen LogP contribution in [-0.4, -0.2) is 0 Å². The normalized spacial score (nSPS) is 11.6. The van der Waals surface area contributed by atoms with Crippen molar-refractivity contribution >= 4 is 32.7 Å². The van der Waals surface area contributed by atoms with Gasteiger partial charge in [-0.2, -0.15) is 0 Å². The summed E-state index contributed by atoms with van der Waals surface area (Å²) in [6, 6.07) is 33.8. The van der Waals surface area contributed by atoms with E-state index in [2.05, 4.69) is 84.9 Å². The monoisotopic (exact) mass is 360 g/mol. The van der Waals surface area contributed by atoms with Crippen LogP contribution in [0.2, 0.25) is 0 Å². The van der Waals surface area contributed by atoms with E-state index in [1.807, 2.05) is 12.1 Å². The van der Waals surface area contributed by atoms with Crippen LogP contribution >= 0.6 is 0 Å². The molecule has 0 spiro atoms. The maximum absolute atomic E-state index is 5.49. The third-order valence-corrected chi connectivity index (χ3v) is 5.45. The molecule has 0 atom stereocenters. The molecule has 2 heteroatoms. The lowest BCUT2D eigenvalue weighted by Crippen LogP contribution is -1.92. The molecule has 0 saturated carbocycles. The van der Waals surface area contributed by atoms with E-state index in [0.29, 0.717) is 0 Å². The molecule has 0 aliphatic carbocycles. The van der Waals surface area contributed by atoms with Gasteiger partial charge in [0, 0.05) is 10.9 Å². The Bertz CT molecular complexity index is 1440. The maximum atomic E-state index is 5.49. The highest BCUT2D eigenvalue weighted by Crippen LogP contribution is 2.46. The second kappa shape index (κ2) is 5.86. The SMILES string of the molecule is c1ccc(-c2c3ccccc3c(-c3ccccc3)c3c2ccc2ooc23)cc1. The summed E-state index contributed by atoms with van der Waals surface area (Å²) >= 11 is 0. The van der Waals surface area contributed by atoms with Crippen molar-refractivity contribution in [2.45, 2.75) is 0 Å². The molecule has 132 valence electrons. The van der Waals surface area contributed by atoms with Gasteiger partial charge in [-0.3, -0.25) is 9.15 Å². The Hall–Kier alpha value is -3.78. The second-order valence-corrected chi connectivity index (χ2v) is 7.01. The van der Waals surface area contributed by atoms with Gasteiger partial charge in [0.1, 0.15) is 0 Å². The first-order valence-corrected chi connectivity index (χ1v) is 9.38. The number of rotatable bonds is 2. The third kappa shape index (κ3) is 2.09. The van der Waals surface area contributed by atoms with E-state index in [-0.39, 0.29) is 0 Å². The van der Waals surface area contributed by atoms with Crippen molar-refractivity contribution in [3.8, 4) is 22.3 Å². The molecular formula is C26H16O2. The lowest BCUT2D eigenvalue weighted by atomic mass is 9.85. The van der Waals surface area contributed by atoms with Crippen LogP contribution in [-0.2, 0) is 0 Å². The van der Waals surface area contributed by atoms with Crippen LogP contribution in [0.3, 0.4) is 0 Å². The average Bonchev–Trinajstić information content (AvgIpc) is 2.73. The molecule has 0 unspecified atom stereocenters. The Morgan fingerprint density at radius 1 is 0.429 bits per heavy atom. The third-order valence-electron chi connectivity index (χ3n) is 5.45. The lowest BCUT2D eigenvalue weighted by Gasteiger charge is -2.18. The fraction of sp³-hybridized carbons (Fsp3) is 0. The van der Waals surface area contributed by atoms with E-state index in [1.54, 1.807) is 0 Å². The minimum atomic E-state index is 0.791. The molecule has 0 aliphatic heterocycles. The molecule has 0 saturated heterocycles. The van der Waals surface area contributed by atoms with Crippen LogP contribution in [0.1, 0.15) is 0 Å². The maximum Gasteiger partial charge on any atom is 0.234 e. The quantitative estimate of drug-likeness (QED) is 0.234. The van der Waals surface area contributed by atoms with Crippen molar-refractivity contribution in [1.82, 2.24) is 0 Å². The van der Waals surface area contributed by atoms with Crippen LogP contribution in [0.15, 0.2) is 106 Å². The van der Waals surface area contributed by atoms with Crippen LogP contribution in [0.25, 0.3) is 55.0 Å². The van der Waals surface area contributed by atoms with E-state index >= 15 is 0 Å². The summed E-state index contributed by atoms with van der Waals surface area (Å²) in [6.45, 7) is 0. The predicted octanol–water partition coefficient (Wildman–Crippen LogP) is 7.67. The smallest absolute Gasteiger partial charge is 0.234 e. The van der Waals surface area contributed by atoms with Crippen molar-refractivity contribution < 1.29 is 9.15 Å². The van der Waals surface area contributed by atoms with Crippen LogP contribution in [0.5, 0.6) is 0 Å². The van der Waals surface area contributed by atoms with Gasteiger partial charge in [-0.25, -0.2) is 0 Å². The van der Waals surface area contributed by atoms with Gasteiger partial charge in [-0.1, -0.05) is 84.9 Å². The van der Waals surface area contributed by atoms with Gasteiger partial charge in [0.15, 0.2) is 0 Å². The fourth-order valence-corrected chi connectivity index (χ4v) is 4.24. The molecule has 0 N–H and O–H groups in total. The Balaban J connectivity index is 1.91. The van der Waals surface area contributed by atoms with Crippen molar-refractivity contribution in [1.29, 1.82) is 0 Å². The zero-order valence-corrected chi connectivity index (χ0v) is 15.1. The number of hydrogen-bond donors (Lipinski definition) is 0. The van der Waals surface area contributed by atoms with Crippen molar-refractivity contribution in [3.05, 3.63) is 97.1 Å². The van der Waals surface area contributed by atoms with Gasteiger partial charge in [-0.05, 0) is 45.0 Å². The van der Waals surface area contributed by atoms with Crippen molar-refractivity contribution in [2.75, 3.05) is 0 Å². The fourth-order valence-electron chi connectivity index (χ4n) is 4.24. The molecule has 1 aromatic heterocycles. The molecular weight excluding hydrogens is 344 g/mol. The van der Waals surface area contributed by atoms with Crippen molar-refractivity contribution in [3.63, 3.8) is 0 Å². The number of benzene rings is 5. The molecule has 0 amide bonds. The van der Waals surface area contributed by atoms with Gasteiger partial charge >= 0.3 is 0 Å². The molecule has 5 aromatic carbocycles. The minimum absolute atomic E-state index is 0.791. The molecule has 0 bridgehead atoms. The van der Waals surface area contributed by atoms with E-state index < -0.39 is 0 Å². The van der Waals surface area contributed by atoms with Crippen LogP contribution < -0.4 is 0 Å². The first-order valence-electron chi connectivity index (χ1n) is 9.38. The summed E-state index contributed by atoms with van der Waals surface area (Å²) in [6.07, 6.45) is 0. The van der Waals surface area contributed by atoms with E-state index in [4.69, 9.17) is 9.15 Å². The highest BCUT2D eigenvalue weighted by molar-refractivity contribution is 6.26. The standard InChI is InChI=1S/C26H16O2/c1-3-9-17(10-4-1)23-19-13-7-8-14-20(19)24(18-11-5-2-6-12-18)25-21(23)15-16-22-26(25)28-27-22/h1-16H. The van der Waals surface area contributed by atoms with Gasteiger partial charge < -0.3 is 0 Å². The molecule has 0 aliphatic rings. The first-order chi connectivity index (χ1) is 13.9. The van der Waals surface area contributed by atoms with Crippen molar-refractivity contribution in [2.24, 2.45) is 0 Å². The van der Waals surface area contributed by atoms with E-state index in [0.717, 1.165) is 16.6 Å². The summed E-state index contributed by atoms with van der Waals surface area (Å²) in [4.78, 5) is 0. The van der Waals surface area contributed by atoms with Crippen LogP contribution in [0.4, 0.5) is 0 Å². The summed E-state index contributed by atoms with van der Waals surface area (Å²) in [7, 11) is 0. The number of hydrogen-bond acceptors (Lipinski definition) is 2. The van der Waals surface area contributed by atoms with Gasteiger partial charge in [0.05, 0.1) is 0 Å². The molecule has 2 nitrogen and oxygen atoms in total. The molecule has 0 radical (unpaired) electrons. The summed E-state index contributed by atoms with van der Waals surface area (Å²) in [5.74, 6) is 0. The molecule has 6 aromatic rings. The summed E-state index contributed by atoms with van der Waals surface area (Å²) in [5.41, 5.74) is 6.39. The Morgan fingerprint density at radius 3 is 1.61 bits per heavy atom. The molecule has 0 fully saturated rings. The highest BCUT2D eigenvalue weighted by Gasteiger charge is 2.21. The number of fused-ring (bicyclic) bond motifs is 4. The Labute approximate surface area is 161 Å². The first kappa shape index (κ1) is 15.3. The Kier molecular flexibility index (Phi) is 3.20. The highest BCUT2D eigenvalue weighted by atomic mass is 17.0. The molecule has 6 rings (SSSR count). The predicted molar refractivity (Wildman–Crippen MR) is 114 cm³/mol. The van der Waals surface area contributed by atoms with E-state index in [9.17, 15) is 0 Å². The Morgan fingerprint density at radius 2 is 1.00 bits per heavy atom. The largest absolute Gasteiger partial charge is 0.286 e. The average molecular weight is 360 g/mol. The minimum Gasteiger partial charge on any atom is -0.286 e. The molecule has 1 heterocycles. The summed E-state index contributed by atoms with van der Waals surface area (Å²) < 4.78 is 10.7. The summed E-state index contributed by atoms with van der Waals surface area (Å²) in [5, 5.41) is 4.72. The van der Waals surface area contributed by atoms with Gasteiger partial charge in [0.25, 0.3) is 0 Å². The van der Waals surface area contributed by atoms with E-state index in [1.165, 1.54) is 38.4 Å². The topological polar surface area (TPSA) is 26.3 Å². The zero-order chi connectivity index (χ0) is 18.5. The van der Waals surface area contributed by atoms with Crippen LogP contribution in [0, 0.1) is 0 Å². The van der Waals surface area contributed by atoms with Gasteiger partial charge in [-0.15, -0.1) is 0 Å². The molecule has 28 heavy (non-hydrogen) atoms. The lowest BCUT2D eigenvalue weighted by molar-refractivity contribution is 0.0604. The second-order valence-electron chi connectivity index (χ2n) is 7.01. The zero-order valence-electron chi connectivity index (χ0n) is 15.1.